The van der Waals surface area contributed by atoms with E-state index in [1.165, 1.54) is 29.7 Å². The Morgan fingerprint density at radius 2 is 2.00 bits per heavy atom. The Bertz CT molecular complexity index is 1040. The lowest BCUT2D eigenvalue weighted by molar-refractivity contribution is 0.685. The van der Waals surface area contributed by atoms with Crippen molar-refractivity contribution < 1.29 is 0 Å². The van der Waals surface area contributed by atoms with Crippen LogP contribution in [0.5, 0.6) is 0 Å². The summed E-state index contributed by atoms with van der Waals surface area (Å²) in [6.07, 6.45) is 7.55. The lowest BCUT2D eigenvalue weighted by Crippen LogP contribution is -2.39. The lowest BCUT2D eigenvalue weighted by atomic mass is 10.1. The number of hydrogen-bond acceptors (Lipinski definition) is 3. The summed E-state index contributed by atoms with van der Waals surface area (Å²) in [6.45, 7) is 10.2. The van der Waals surface area contributed by atoms with Gasteiger partial charge in [0, 0.05) is 50.7 Å². The highest BCUT2D eigenvalue weighted by Crippen LogP contribution is 2.24. The van der Waals surface area contributed by atoms with Crippen molar-refractivity contribution in [1.82, 2.24) is 20.0 Å². The minimum absolute atomic E-state index is 0. The van der Waals surface area contributed by atoms with Crippen LogP contribution in [0.4, 0.5) is 5.69 Å². The molecular weight excluding hydrogens is 511 g/mol. The summed E-state index contributed by atoms with van der Waals surface area (Å²) in [4.78, 5) is 12.0. The van der Waals surface area contributed by atoms with Gasteiger partial charge in [0.1, 0.15) is 5.65 Å². The first kappa shape index (κ1) is 24.4. The second-order valence-corrected chi connectivity index (χ2v) is 8.32. The van der Waals surface area contributed by atoms with E-state index < -0.39 is 0 Å². The summed E-state index contributed by atoms with van der Waals surface area (Å²) in [5.74, 6) is 0.849. The van der Waals surface area contributed by atoms with Gasteiger partial charge >= 0.3 is 0 Å². The van der Waals surface area contributed by atoms with E-state index >= 15 is 0 Å². The molecule has 7 heteroatoms. The predicted molar refractivity (Wildman–Crippen MR) is 144 cm³/mol. The van der Waals surface area contributed by atoms with E-state index in [9.17, 15) is 0 Å². The number of halogens is 1. The van der Waals surface area contributed by atoms with Gasteiger partial charge in [0.25, 0.3) is 0 Å². The summed E-state index contributed by atoms with van der Waals surface area (Å²) >= 11 is 0. The number of guanidine groups is 1. The first-order valence-corrected chi connectivity index (χ1v) is 11.5. The number of fused-ring (bicyclic) bond motifs is 1. The second kappa shape index (κ2) is 11.5. The Labute approximate surface area is 208 Å². The maximum Gasteiger partial charge on any atom is 0.191 e. The van der Waals surface area contributed by atoms with Crippen LogP contribution in [0.1, 0.15) is 49.6 Å². The van der Waals surface area contributed by atoms with Crippen molar-refractivity contribution in [2.24, 2.45) is 4.99 Å². The highest BCUT2D eigenvalue weighted by molar-refractivity contribution is 14.0. The van der Waals surface area contributed by atoms with Gasteiger partial charge in [-0.05, 0) is 62.9 Å². The van der Waals surface area contributed by atoms with E-state index in [0.29, 0.717) is 6.54 Å². The molecule has 0 radical (unpaired) electrons. The van der Waals surface area contributed by atoms with Crippen LogP contribution in [-0.2, 0) is 6.42 Å². The molecular formula is C25H35IN6. The quantitative estimate of drug-likeness (QED) is 0.256. The molecule has 6 nitrogen and oxygen atoms in total. The van der Waals surface area contributed by atoms with E-state index in [-0.39, 0.29) is 30.0 Å². The number of pyridine rings is 1. The number of imidazole rings is 1. The van der Waals surface area contributed by atoms with Gasteiger partial charge in [-0.1, -0.05) is 18.2 Å². The minimum atomic E-state index is 0. The van der Waals surface area contributed by atoms with Crippen molar-refractivity contribution in [3.8, 4) is 0 Å². The number of aromatic nitrogens is 2. The number of nitrogens with zero attached hydrogens (tertiary/aromatic N) is 4. The van der Waals surface area contributed by atoms with Gasteiger partial charge in [-0.25, -0.2) is 4.98 Å². The maximum absolute atomic E-state index is 4.80. The Kier molecular flexibility index (Phi) is 8.78. The Morgan fingerprint density at radius 1 is 1.19 bits per heavy atom. The average molecular weight is 547 g/mol. The van der Waals surface area contributed by atoms with E-state index in [0.717, 1.165) is 43.4 Å². The zero-order valence-corrected chi connectivity index (χ0v) is 21.7. The smallest absolute Gasteiger partial charge is 0.191 e. The molecule has 32 heavy (non-hydrogen) atoms. The highest BCUT2D eigenvalue weighted by Gasteiger charge is 2.14. The van der Waals surface area contributed by atoms with Crippen molar-refractivity contribution in [3.05, 3.63) is 65.6 Å². The molecule has 1 saturated heterocycles. The molecule has 1 aromatic carbocycles. The number of anilines is 1. The fraction of sp³-hybridized carbons (Fsp3) is 0.440. The largest absolute Gasteiger partial charge is 0.372 e. The van der Waals surface area contributed by atoms with Gasteiger partial charge in [0.2, 0.25) is 0 Å². The minimum Gasteiger partial charge on any atom is -0.372 e. The van der Waals surface area contributed by atoms with Crippen LogP contribution in [0.2, 0.25) is 0 Å². The first-order chi connectivity index (χ1) is 15.1. The van der Waals surface area contributed by atoms with E-state index in [2.05, 4.69) is 83.3 Å². The third kappa shape index (κ3) is 5.94. The van der Waals surface area contributed by atoms with Crippen LogP contribution >= 0.6 is 24.0 Å². The first-order valence-electron chi connectivity index (χ1n) is 11.5. The maximum atomic E-state index is 4.80. The predicted octanol–water partition coefficient (Wildman–Crippen LogP) is 4.72. The molecule has 1 unspecified atom stereocenters. The van der Waals surface area contributed by atoms with Gasteiger partial charge in [-0.3, -0.25) is 4.99 Å². The van der Waals surface area contributed by atoms with Crippen molar-refractivity contribution in [3.63, 3.8) is 0 Å². The van der Waals surface area contributed by atoms with Crippen LogP contribution in [-0.4, -0.2) is 41.5 Å². The molecule has 1 fully saturated rings. The van der Waals surface area contributed by atoms with Gasteiger partial charge < -0.3 is 19.9 Å². The Morgan fingerprint density at radius 3 is 2.75 bits per heavy atom. The highest BCUT2D eigenvalue weighted by atomic mass is 127. The van der Waals surface area contributed by atoms with Crippen LogP contribution in [0.3, 0.4) is 0 Å². The number of benzene rings is 1. The van der Waals surface area contributed by atoms with E-state index in [4.69, 9.17) is 9.98 Å². The molecule has 1 aliphatic rings. The molecule has 4 rings (SSSR count). The summed E-state index contributed by atoms with van der Waals surface area (Å²) in [7, 11) is 0. The normalized spacial score (nSPS) is 15.0. The number of aryl methyl sites for hydroxylation is 1. The average Bonchev–Trinajstić information content (AvgIpc) is 3.45. The summed E-state index contributed by atoms with van der Waals surface area (Å²) < 4.78 is 2.09. The molecule has 1 aliphatic heterocycles. The summed E-state index contributed by atoms with van der Waals surface area (Å²) in [5.41, 5.74) is 5.90. The standard InChI is InChI=1S/C25H34N6.HI/c1-4-26-25(27-13-12-22-18-31-16-8-9-19(2)24(31)29-22)28-20(3)21-10-7-11-23(17-21)30-14-5-6-15-30;/h7-11,16-18,20H,4-6,12-15H2,1-3H3,(H2,26,27,28);1H. The lowest BCUT2D eigenvalue weighted by Gasteiger charge is -2.22. The number of aliphatic imine (C=N–C) groups is 1. The Hall–Kier alpha value is -2.29. The van der Waals surface area contributed by atoms with Gasteiger partial charge in [0.15, 0.2) is 5.96 Å². The molecule has 0 aliphatic carbocycles. The number of hydrogen-bond donors (Lipinski definition) is 2. The number of nitrogens with one attached hydrogen (secondary N) is 2. The fourth-order valence-electron chi connectivity index (χ4n) is 4.18. The topological polar surface area (TPSA) is 57.0 Å². The van der Waals surface area contributed by atoms with Gasteiger partial charge in [-0.15, -0.1) is 24.0 Å². The van der Waals surface area contributed by atoms with Crippen molar-refractivity contribution >= 4 is 41.3 Å². The molecule has 1 atom stereocenters. The van der Waals surface area contributed by atoms with Crippen molar-refractivity contribution in [2.45, 2.75) is 46.1 Å². The van der Waals surface area contributed by atoms with Crippen molar-refractivity contribution in [1.29, 1.82) is 0 Å². The molecule has 2 N–H and O–H groups in total. The molecule has 3 aromatic rings. The van der Waals surface area contributed by atoms with Crippen molar-refractivity contribution in [2.75, 3.05) is 31.1 Å². The Balaban J connectivity index is 0.00000289. The summed E-state index contributed by atoms with van der Waals surface area (Å²) in [5, 5.41) is 6.95. The molecule has 3 heterocycles. The molecule has 2 aromatic heterocycles. The molecule has 172 valence electrons. The zero-order valence-electron chi connectivity index (χ0n) is 19.3. The third-order valence-electron chi connectivity index (χ3n) is 5.90. The summed E-state index contributed by atoms with van der Waals surface area (Å²) in [6, 6.07) is 13.2. The third-order valence-corrected chi connectivity index (χ3v) is 5.90. The van der Waals surface area contributed by atoms with E-state index in [1.807, 2.05) is 6.20 Å². The van der Waals surface area contributed by atoms with Gasteiger partial charge in [-0.2, -0.15) is 0 Å². The van der Waals surface area contributed by atoms with Crippen LogP contribution in [0.25, 0.3) is 5.65 Å². The van der Waals surface area contributed by atoms with Crippen LogP contribution in [0.15, 0.2) is 53.8 Å². The molecule has 0 amide bonds. The van der Waals surface area contributed by atoms with E-state index in [1.54, 1.807) is 0 Å². The zero-order chi connectivity index (χ0) is 21.6. The second-order valence-electron chi connectivity index (χ2n) is 8.32. The van der Waals surface area contributed by atoms with Crippen LogP contribution in [0, 0.1) is 6.92 Å². The fourth-order valence-corrected chi connectivity index (χ4v) is 4.18. The molecule has 0 saturated carbocycles. The molecule has 0 bridgehead atoms. The van der Waals surface area contributed by atoms with Gasteiger partial charge in [0.05, 0.1) is 11.7 Å². The monoisotopic (exact) mass is 546 g/mol. The van der Waals surface area contributed by atoms with Crippen LogP contribution < -0.4 is 15.5 Å². The SMILES string of the molecule is CCNC(=NCCc1cn2cccc(C)c2n1)NC(C)c1cccc(N2CCCC2)c1.I. The molecule has 0 spiro atoms. The number of rotatable bonds is 7.